The fourth-order valence-electron chi connectivity index (χ4n) is 5.90. The van der Waals surface area contributed by atoms with E-state index in [1.54, 1.807) is 23.7 Å². The van der Waals surface area contributed by atoms with Gasteiger partial charge in [0.2, 0.25) is 0 Å². The number of Topliss-reactive ketones (excluding diaryl/α,β-unsaturated/α-hetero) is 1. The Hall–Kier alpha value is -3.21. The molecule has 2 aromatic heterocycles. The number of ketones is 1. The summed E-state index contributed by atoms with van der Waals surface area (Å²) in [4.78, 5) is 46.2. The fraction of sp³-hybridized carbons (Fsp3) is 0.516. The third kappa shape index (κ3) is 7.36. The third-order valence-corrected chi connectivity index (χ3v) is 9.18. The molecule has 9 nitrogen and oxygen atoms in total. The van der Waals surface area contributed by atoms with E-state index in [0.717, 1.165) is 61.4 Å². The molecule has 1 aromatic carbocycles. The van der Waals surface area contributed by atoms with Crippen LogP contribution in [0.15, 0.2) is 36.7 Å². The maximum absolute atomic E-state index is 13.3. The molecule has 2 aliphatic rings. The molecule has 5 rings (SSSR count). The average molecular weight is 577 g/mol. The first kappa shape index (κ1) is 29.3. The molecule has 3 aromatic rings. The van der Waals surface area contributed by atoms with Gasteiger partial charge in [0.25, 0.3) is 0 Å². The minimum atomic E-state index is -0.773. The van der Waals surface area contributed by atoms with Crippen LogP contribution in [0.2, 0.25) is 0 Å². The van der Waals surface area contributed by atoms with E-state index < -0.39 is 5.97 Å². The Morgan fingerprint density at radius 3 is 2.59 bits per heavy atom. The highest BCUT2D eigenvalue weighted by Gasteiger charge is 2.29. The molecule has 1 atom stereocenters. The van der Waals surface area contributed by atoms with Crippen LogP contribution in [0.5, 0.6) is 0 Å². The van der Waals surface area contributed by atoms with Crippen molar-refractivity contribution < 1.29 is 14.7 Å². The molecule has 0 radical (unpaired) electrons. The number of carbonyl (C=O) groups excluding carboxylic acids is 1. The number of piperazine rings is 1. The van der Waals surface area contributed by atoms with E-state index in [1.165, 1.54) is 23.3 Å². The summed E-state index contributed by atoms with van der Waals surface area (Å²) >= 11 is 1.64. The van der Waals surface area contributed by atoms with Crippen LogP contribution in [-0.4, -0.2) is 86.9 Å². The molecule has 0 aliphatic carbocycles. The lowest BCUT2D eigenvalue weighted by atomic mass is 10.0. The molecule has 0 saturated carbocycles. The molecule has 0 bridgehead atoms. The Bertz CT molecular complexity index is 1350. The van der Waals surface area contributed by atoms with Crippen LogP contribution in [0.25, 0.3) is 11.3 Å². The number of hydrogen-bond acceptors (Lipinski definition) is 9. The van der Waals surface area contributed by atoms with Crippen LogP contribution in [0, 0.1) is 12.8 Å². The van der Waals surface area contributed by atoms with Gasteiger partial charge in [-0.3, -0.25) is 19.4 Å². The molecule has 2 aliphatic heterocycles. The van der Waals surface area contributed by atoms with Gasteiger partial charge < -0.3 is 10.0 Å². The number of carbonyl (C=O) groups is 2. The molecule has 10 heteroatoms. The highest BCUT2D eigenvalue weighted by molar-refractivity contribution is 7.12. The Morgan fingerprint density at radius 2 is 1.90 bits per heavy atom. The first-order valence-electron chi connectivity index (χ1n) is 14.6. The molecule has 218 valence electrons. The van der Waals surface area contributed by atoms with Crippen molar-refractivity contribution in [3.63, 3.8) is 0 Å². The predicted octanol–water partition coefficient (Wildman–Crippen LogP) is 4.55. The van der Waals surface area contributed by atoms with Crippen LogP contribution >= 0.6 is 11.3 Å². The van der Waals surface area contributed by atoms with Gasteiger partial charge >= 0.3 is 5.97 Å². The van der Waals surface area contributed by atoms with Gasteiger partial charge in [-0.05, 0) is 38.3 Å². The van der Waals surface area contributed by atoms with Gasteiger partial charge in [-0.1, -0.05) is 37.6 Å². The second-order valence-corrected chi connectivity index (χ2v) is 12.7. The van der Waals surface area contributed by atoms with E-state index in [1.807, 2.05) is 0 Å². The number of carboxylic acids is 1. The molecule has 0 spiro atoms. The van der Waals surface area contributed by atoms with Crippen molar-refractivity contribution in [2.75, 3.05) is 44.2 Å². The fourth-order valence-corrected chi connectivity index (χ4v) is 7.01. The zero-order valence-corrected chi connectivity index (χ0v) is 25.1. The Kier molecular flexibility index (Phi) is 9.42. The number of rotatable bonds is 11. The number of anilines is 1. The molecule has 2 saturated heterocycles. The minimum Gasteiger partial charge on any atom is -0.481 e. The molecule has 4 heterocycles. The van der Waals surface area contributed by atoms with Crippen LogP contribution < -0.4 is 4.90 Å². The number of hydrogen-bond donors (Lipinski definition) is 1. The number of benzene rings is 1. The third-order valence-electron chi connectivity index (χ3n) is 8.14. The lowest BCUT2D eigenvalue weighted by Crippen LogP contribution is -2.47. The highest BCUT2D eigenvalue weighted by atomic mass is 32.1. The SMILES string of the molecule is Cc1cccc(-c2nc(CC(=O)c3cnc(N4CCN(CCC(=O)O)CC4)cn3)sc2CN2CCC[C@H]2C(C)C)c1. The standard InChI is InChI=1S/C31H40N6O3S/c1-21(2)25-8-5-10-37(25)20-27-31(23-7-4-6-22(3)16-23)34-29(41-27)17-26(38)24-18-33-28(19-32-24)36-14-12-35(13-15-36)11-9-30(39)40/h4,6-7,16,18-19,21,25H,5,8-15,17,20H2,1-3H3,(H,39,40)/t25-/m0/s1. The Morgan fingerprint density at radius 1 is 1.10 bits per heavy atom. The summed E-state index contributed by atoms with van der Waals surface area (Å²) in [6, 6.07) is 9.02. The Balaban J connectivity index is 1.27. The lowest BCUT2D eigenvalue weighted by molar-refractivity contribution is -0.137. The number of thiazole rings is 1. The number of likely N-dealkylation sites (tertiary alicyclic amines) is 1. The van der Waals surface area contributed by atoms with Crippen molar-refractivity contribution in [1.29, 1.82) is 0 Å². The zero-order valence-electron chi connectivity index (χ0n) is 24.3. The predicted molar refractivity (Wildman–Crippen MR) is 162 cm³/mol. The second kappa shape index (κ2) is 13.2. The van der Waals surface area contributed by atoms with Gasteiger partial charge in [-0.15, -0.1) is 11.3 Å². The van der Waals surface area contributed by atoms with Crippen LogP contribution in [-0.2, 0) is 17.8 Å². The molecule has 41 heavy (non-hydrogen) atoms. The van der Waals surface area contributed by atoms with Gasteiger partial charge in [-0.25, -0.2) is 15.0 Å². The van der Waals surface area contributed by atoms with Crippen molar-refractivity contribution in [1.82, 2.24) is 24.8 Å². The molecule has 0 amide bonds. The summed E-state index contributed by atoms with van der Waals surface area (Å²) in [5, 5.41) is 9.72. The van der Waals surface area contributed by atoms with E-state index in [2.05, 4.69) is 69.7 Å². The van der Waals surface area contributed by atoms with Crippen molar-refractivity contribution in [2.45, 2.75) is 59.0 Å². The van der Waals surface area contributed by atoms with Crippen LogP contribution in [0.4, 0.5) is 5.82 Å². The number of aromatic nitrogens is 3. The summed E-state index contributed by atoms with van der Waals surface area (Å²) in [6.45, 7) is 12.3. The number of carboxylic acid groups (broad SMARTS) is 1. The highest BCUT2D eigenvalue weighted by Crippen LogP contribution is 2.34. The van der Waals surface area contributed by atoms with Crippen molar-refractivity contribution in [3.05, 3.63) is 57.8 Å². The largest absolute Gasteiger partial charge is 0.481 e. The van der Waals surface area contributed by atoms with E-state index in [0.29, 0.717) is 24.2 Å². The summed E-state index contributed by atoms with van der Waals surface area (Å²) in [5.41, 5.74) is 3.63. The minimum absolute atomic E-state index is 0.0835. The summed E-state index contributed by atoms with van der Waals surface area (Å²) in [5.74, 6) is 0.490. The molecular formula is C31H40N6O3S. The lowest BCUT2D eigenvalue weighted by Gasteiger charge is -2.34. The average Bonchev–Trinajstić information content (AvgIpc) is 3.59. The van der Waals surface area contributed by atoms with E-state index >= 15 is 0 Å². The monoisotopic (exact) mass is 576 g/mol. The maximum atomic E-state index is 13.3. The van der Waals surface area contributed by atoms with E-state index in [9.17, 15) is 9.59 Å². The summed E-state index contributed by atoms with van der Waals surface area (Å²) in [7, 11) is 0. The van der Waals surface area contributed by atoms with Crippen molar-refractivity contribution >= 4 is 28.9 Å². The summed E-state index contributed by atoms with van der Waals surface area (Å²) in [6.07, 6.45) is 6.05. The molecule has 1 N–H and O–H groups in total. The Labute approximate surface area is 246 Å². The topological polar surface area (TPSA) is 103 Å². The first-order valence-corrected chi connectivity index (χ1v) is 15.4. The first-order chi connectivity index (χ1) is 19.8. The molecule has 0 unspecified atom stereocenters. The second-order valence-electron chi connectivity index (χ2n) is 11.5. The van der Waals surface area contributed by atoms with Gasteiger partial charge in [0.1, 0.15) is 16.5 Å². The number of aryl methyl sites for hydroxylation is 1. The smallest absolute Gasteiger partial charge is 0.304 e. The van der Waals surface area contributed by atoms with E-state index in [-0.39, 0.29) is 18.6 Å². The maximum Gasteiger partial charge on any atom is 0.304 e. The molecule has 2 fully saturated rings. The van der Waals surface area contributed by atoms with Crippen molar-refractivity contribution in [2.24, 2.45) is 5.92 Å². The van der Waals surface area contributed by atoms with Crippen LogP contribution in [0.1, 0.15) is 59.0 Å². The number of aliphatic carboxylic acids is 1. The van der Waals surface area contributed by atoms with E-state index in [4.69, 9.17) is 10.1 Å². The zero-order chi connectivity index (χ0) is 28.9. The quantitative estimate of drug-likeness (QED) is 0.329. The van der Waals surface area contributed by atoms with Crippen molar-refractivity contribution in [3.8, 4) is 11.3 Å². The number of nitrogens with zero attached hydrogens (tertiary/aromatic N) is 6. The van der Waals surface area contributed by atoms with Crippen LogP contribution in [0.3, 0.4) is 0 Å². The van der Waals surface area contributed by atoms with Gasteiger partial charge in [0, 0.05) is 55.8 Å². The normalized spacial score (nSPS) is 18.3. The van der Waals surface area contributed by atoms with Gasteiger partial charge in [0.05, 0.1) is 30.9 Å². The summed E-state index contributed by atoms with van der Waals surface area (Å²) < 4.78 is 0. The van der Waals surface area contributed by atoms with Gasteiger partial charge in [-0.2, -0.15) is 0 Å². The van der Waals surface area contributed by atoms with Gasteiger partial charge in [0.15, 0.2) is 5.78 Å². The molecular weight excluding hydrogens is 536 g/mol.